The van der Waals surface area contributed by atoms with Crippen molar-refractivity contribution in [2.75, 3.05) is 12.5 Å². The molecule has 0 fully saturated rings. The Labute approximate surface area is 241 Å². The summed E-state index contributed by atoms with van der Waals surface area (Å²) in [4.78, 5) is 3.98. The third-order valence-corrected chi connectivity index (χ3v) is 9.88. The van der Waals surface area contributed by atoms with Gasteiger partial charge in [-0.25, -0.2) is 0 Å². The van der Waals surface area contributed by atoms with Gasteiger partial charge in [0.2, 0.25) is 16.3 Å². The first-order valence-electron chi connectivity index (χ1n) is 13.2. The highest BCUT2D eigenvalue weighted by Crippen LogP contribution is 2.49. The van der Waals surface area contributed by atoms with Crippen molar-refractivity contribution in [3.05, 3.63) is 100.0 Å². The molecule has 0 saturated heterocycles. The highest BCUT2D eigenvalue weighted by Gasteiger charge is 2.30. The molecule has 0 unspecified atom stereocenters. The van der Waals surface area contributed by atoms with Crippen LogP contribution in [0.15, 0.2) is 87.5 Å². The highest BCUT2D eigenvalue weighted by molar-refractivity contribution is 7.99. The van der Waals surface area contributed by atoms with Gasteiger partial charge in [0, 0.05) is 21.9 Å². The van der Waals surface area contributed by atoms with E-state index in [0.29, 0.717) is 0 Å². The van der Waals surface area contributed by atoms with Crippen LogP contribution in [0.3, 0.4) is 0 Å². The maximum absolute atomic E-state index is 2.42. The molecule has 5 aliphatic rings. The predicted molar refractivity (Wildman–Crippen MR) is 176 cm³/mol. The van der Waals surface area contributed by atoms with E-state index >= 15 is 0 Å². The Hall–Kier alpha value is -2.33. The number of thioether (sulfide) groups is 2. The Bertz CT molecular complexity index is 1420. The number of fused-ring (bicyclic) bond motifs is 2. The van der Waals surface area contributed by atoms with Gasteiger partial charge in [-0.2, -0.15) is 0 Å². The molecule has 0 aromatic carbocycles. The van der Waals surface area contributed by atoms with Crippen molar-refractivity contribution in [1.82, 2.24) is 0 Å². The van der Waals surface area contributed by atoms with Crippen molar-refractivity contribution in [2.24, 2.45) is 0 Å². The molecular formula is C35H37S3+. The lowest BCUT2D eigenvalue weighted by atomic mass is 9.88. The van der Waals surface area contributed by atoms with E-state index in [0.717, 1.165) is 0 Å². The van der Waals surface area contributed by atoms with Crippen LogP contribution < -0.4 is 0 Å². The number of rotatable bonds is 4. The molecule has 0 atom stereocenters. The molecule has 1 heterocycles. The van der Waals surface area contributed by atoms with Gasteiger partial charge in [-0.05, 0) is 80.0 Å². The molecule has 0 aromatic rings. The third kappa shape index (κ3) is 5.01. The molecule has 0 N–H and O–H groups in total. The van der Waals surface area contributed by atoms with Gasteiger partial charge in [-0.1, -0.05) is 90.1 Å². The molecule has 3 heteroatoms. The SMILES string of the molecule is CSc1cc(C(=C2C=CC=[S+]2)c2cc(SC)c3ccc(C(C)(C)C)ccc2-3)c2ccc(C(C)(C)C)ccc1-2. The van der Waals surface area contributed by atoms with Gasteiger partial charge in [0.25, 0.3) is 0 Å². The smallest absolute Gasteiger partial charge is 0.129 e. The lowest BCUT2D eigenvalue weighted by Gasteiger charge is -2.17. The Balaban J connectivity index is 1.82. The van der Waals surface area contributed by atoms with Gasteiger partial charge in [0.1, 0.15) is 0 Å². The van der Waals surface area contributed by atoms with E-state index in [1.54, 1.807) is 0 Å². The fraction of sp³-hybridized carbons (Fsp3) is 0.286. The molecule has 0 aromatic heterocycles. The number of hydrogen-bond donors (Lipinski definition) is 0. The fourth-order valence-electron chi connectivity index (χ4n) is 5.22. The van der Waals surface area contributed by atoms with E-state index in [9.17, 15) is 0 Å². The summed E-state index contributed by atoms with van der Waals surface area (Å²) in [6, 6.07) is 23.5. The molecule has 5 rings (SSSR count). The second-order valence-electron chi connectivity index (χ2n) is 12.0. The summed E-state index contributed by atoms with van der Waals surface area (Å²) >= 11 is 5.51. The maximum atomic E-state index is 2.42. The summed E-state index contributed by atoms with van der Waals surface area (Å²) in [5.41, 5.74) is 12.2. The highest BCUT2D eigenvalue weighted by atomic mass is 32.2. The quantitative estimate of drug-likeness (QED) is 0.140. The summed E-state index contributed by atoms with van der Waals surface area (Å²) < 4.78 is 0. The van der Waals surface area contributed by atoms with E-state index < -0.39 is 0 Å². The van der Waals surface area contributed by atoms with Gasteiger partial charge in [0.05, 0.1) is 5.57 Å². The Morgan fingerprint density at radius 3 is 1.37 bits per heavy atom. The van der Waals surface area contributed by atoms with E-state index in [1.165, 1.54) is 64.8 Å². The Morgan fingerprint density at radius 2 is 1.03 bits per heavy atom. The summed E-state index contributed by atoms with van der Waals surface area (Å²) in [6.45, 7) is 13.7. The van der Waals surface area contributed by atoms with Crippen molar-refractivity contribution >= 4 is 45.8 Å². The topological polar surface area (TPSA) is 0 Å². The molecule has 0 amide bonds. The van der Waals surface area contributed by atoms with Crippen LogP contribution in [0.1, 0.15) is 63.8 Å². The molecule has 0 spiro atoms. The molecule has 0 radical (unpaired) electrons. The van der Waals surface area contributed by atoms with Crippen molar-refractivity contribution in [1.29, 1.82) is 0 Å². The van der Waals surface area contributed by atoms with E-state index in [1.807, 2.05) is 34.9 Å². The van der Waals surface area contributed by atoms with Gasteiger partial charge in [-0.3, -0.25) is 0 Å². The van der Waals surface area contributed by atoms with Gasteiger partial charge < -0.3 is 0 Å². The molecular weight excluding hydrogens is 517 g/mol. The van der Waals surface area contributed by atoms with E-state index in [-0.39, 0.29) is 10.8 Å². The van der Waals surface area contributed by atoms with Crippen LogP contribution in [0, 0.1) is 0 Å². The van der Waals surface area contributed by atoms with Crippen LogP contribution >= 0.6 is 23.5 Å². The van der Waals surface area contributed by atoms with Crippen LogP contribution in [0.4, 0.5) is 0 Å². The number of allylic oxidation sites excluding steroid dienone is 2. The van der Waals surface area contributed by atoms with Gasteiger partial charge in [-0.15, -0.1) is 23.5 Å². The zero-order chi connectivity index (χ0) is 27.2. The van der Waals surface area contributed by atoms with Crippen molar-refractivity contribution in [2.45, 2.75) is 62.2 Å². The molecule has 4 aliphatic carbocycles. The largest absolute Gasteiger partial charge is 0.239 e. The third-order valence-electron chi connectivity index (χ3n) is 7.44. The molecule has 38 heavy (non-hydrogen) atoms. The number of hydrogen-bond acceptors (Lipinski definition) is 2. The molecule has 194 valence electrons. The van der Waals surface area contributed by atoms with E-state index in [2.05, 4.69) is 132 Å². The predicted octanol–water partition coefficient (Wildman–Crippen LogP) is 10.1. The van der Waals surface area contributed by atoms with Crippen LogP contribution in [-0.4, -0.2) is 17.9 Å². The second-order valence-corrected chi connectivity index (χ2v) is 14.6. The normalized spacial score (nSPS) is 13.7. The summed E-state index contributed by atoms with van der Waals surface area (Å²) in [5, 5.41) is 2.20. The Morgan fingerprint density at radius 1 is 0.605 bits per heavy atom. The fourth-order valence-corrected chi connectivity index (χ4v) is 7.28. The molecule has 0 nitrogen and oxygen atoms in total. The second kappa shape index (κ2) is 10.3. The van der Waals surface area contributed by atoms with Crippen LogP contribution in [0.2, 0.25) is 0 Å². The molecule has 0 saturated carbocycles. The zero-order valence-electron chi connectivity index (χ0n) is 23.7. The van der Waals surface area contributed by atoms with Crippen molar-refractivity contribution in [3.63, 3.8) is 0 Å². The summed E-state index contributed by atoms with van der Waals surface area (Å²) in [6.07, 6.45) is 8.84. The maximum Gasteiger partial charge on any atom is 0.239 e. The van der Waals surface area contributed by atoms with Crippen molar-refractivity contribution in [3.8, 4) is 22.3 Å². The van der Waals surface area contributed by atoms with Crippen LogP contribution in [0.5, 0.6) is 0 Å². The average Bonchev–Trinajstić information content (AvgIpc) is 3.48. The van der Waals surface area contributed by atoms with Crippen molar-refractivity contribution < 1.29 is 0 Å². The first-order valence-corrected chi connectivity index (χ1v) is 16.5. The standard InChI is InChI=1S/C35H37S3/c1-34(2,3)22-11-15-24-26(17-13-22)31(36-7)20-28(24)33(30-10-9-19-38-30)29-21-32(37-8)27-18-14-23(35(4,5)6)12-16-25(27)29/h9-21H,1-8H3/q+1. The molecule has 1 aliphatic heterocycles. The summed E-state index contributed by atoms with van der Waals surface area (Å²) in [7, 11) is 0. The summed E-state index contributed by atoms with van der Waals surface area (Å²) in [5.74, 6) is 0. The van der Waals surface area contributed by atoms with E-state index in [4.69, 9.17) is 0 Å². The van der Waals surface area contributed by atoms with Gasteiger partial charge in [0.15, 0.2) is 5.37 Å². The van der Waals surface area contributed by atoms with Crippen LogP contribution in [-0.2, 0) is 22.2 Å². The first-order chi connectivity index (χ1) is 18.0. The average molecular weight is 554 g/mol. The minimum atomic E-state index is 0.102. The molecule has 0 bridgehead atoms. The van der Waals surface area contributed by atoms with Gasteiger partial charge >= 0.3 is 0 Å². The zero-order valence-corrected chi connectivity index (χ0v) is 26.2. The lowest BCUT2D eigenvalue weighted by Crippen LogP contribution is -2.09. The first kappa shape index (κ1) is 27.2. The minimum absolute atomic E-state index is 0.102. The Kier molecular flexibility index (Phi) is 7.41. The minimum Gasteiger partial charge on any atom is -0.129 e. The lowest BCUT2D eigenvalue weighted by molar-refractivity contribution is 0.590. The van der Waals surface area contributed by atoms with Crippen LogP contribution in [0.25, 0.3) is 27.8 Å². The monoisotopic (exact) mass is 553 g/mol.